The molecule has 0 aromatic heterocycles. The van der Waals surface area contributed by atoms with Crippen molar-refractivity contribution in [2.45, 2.75) is 49.9 Å². The maximum atomic E-state index is 12.8. The Kier molecular flexibility index (Phi) is 15.5. The van der Waals surface area contributed by atoms with Crippen LogP contribution in [0.2, 0.25) is 0 Å². The molecule has 0 fully saturated rings. The van der Waals surface area contributed by atoms with E-state index in [1.54, 1.807) is 0 Å². The summed E-state index contributed by atoms with van der Waals surface area (Å²) in [6.45, 7) is -0.651. The van der Waals surface area contributed by atoms with Gasteiger partial charge in [0.05, 0.1) is 6.61 Å². The molecule has 0 aromatic rings. The Hall–Kier alpha value is -2.03. The quantitative estimate of drug-likeness (QED) is 0.114. The summed E-state index contributed by atoms with van der Waals surface area (Å²) in [7, 11) is 0. The van der Waals surface area contributed by atoms with Crippen molar-refractivity contribution in [2.24, 2.45) is 11.5 Å². The van der Waals surface area contributed by atoms with Crippen molar-refractivity contribution in [3.63, 3.8) is 0 Å². The Morgan fingerprint density at radius 2 is 1.25 bits per heavy atom. The minimum Gasteiger partial charge on any atom is -0.480 e. The molecule has 4 atom stereocenters. The van der Waals surface area contributed by atoms with Gasteiger partial charge >= 0.3 is 5.97 Å². The van der Waals surface area contributed by atoms with Crippen molar-refractivity contribution < 1.29 is 34.2 Å². The van der Waals surface area contributed by atoms with E-state index in [0.717, 1.165) is 0 Å². The van der Waals surface area contributed by atoms with Crippen molar-refractivity contribution in [2.75, 3.05) is 30.6 Å². The van der Waals surface area contributed by atoms with Crippen LogP contribution < -0.4 is 27.4 Å². The number of rotatable bonds is 17. The van der Waals surface area contributed by atoms with Gasteiger partial charge in [-0.05, 0) is 43.3 Å². The zero-order valence-corrected chi connectivity index (χ0v) is 19.8. The molecule has 4 amide bonds. The van der Waals surface area contributed by atoms with Gasteiger partial charge in [-0.15, -0.1) is 0 Å². The molecule has 0 saturated heterocycles. The lowest BCUT2D eigenvalue weighted by atomic mass is 10.1. The fourth-order valence-electron chi connectivity index (χ4n) is 2.46. The molecule has 0 saturated carbocycles. The molecular formula is C18H33N5O7S2. The van der Waals surface area contributed by atoms with E-state index >= 15 is 0 Å². The van der Waals surface area contributed by atoms with Gasteiger partial charge in [-0.1, -0.05) is 0 Å². The number of carbonyl (C=O) groups excluding carboxylic acids is 4. The van der Waals surface area contributed by atoms with Crippen molar-refractivity contribution in [3.8, 4) is 0 Å². The molecule has 0 aliphatic heterocycles. The van der Waals surface area contributed by atoms with E-state index in [1.165, 1.54) is 23.5 Å². The number of nitrogens with one attached hydrogen (secondary N) is 3. The SMILES string of the molecule is CSCCC(NC(=O)C(CCSC)NC(=O)C(CCC(N)=O)NC(=O)C(N)CO)C(=O)O. The molecule has 0 aliphatic rings. The van der Waals surface area contributed by atoms with E-state index in [-0.39, 0.29) is 25.7 Å². The third-order valence-electron chi connectivity index (χ3n) is 4.31. The molecule has 32 heavy (non-hydrogen) atoms. The lowest BCUT2D eigenvalue weighted by Crippen LogP contribution is -2.57. The molecule has 0 bridgehead atoms. The van der Waals surface area contributed by atoms with Crippen LogP contribution in [0.5, 0.6) is 0 Å². The predicted molar refractivity (Wildman–Crippen MR) is 123 cm³/mol. The van der Waals surface area contributed by atoms with E-state index in [2.05, 4.69) is 16.0 Å². The molecule has 14 heteroatoms. The first kappa shape index (κ1) is 30.0. The first-order valence-corrected chi connectivity index (χ1v) is 12.6. The van der Waals surface area contributed by atoms with Gasteiger partial charge in [0.1, 0.15) is 24.2 Å². The average Bonchev–Trinajstić information content (AvgIpc) is 2.75. The monoisotopic (exact) mass is 495 g/mol. The van der Waals surface area contributed by atoms with Gasteiger partial charge in [0.15, 0.2) is 0 Å². The molecule has 4 unspecified atom stereocenters. The van der Waals surface area contributed by atoms with Crippen LogP contribution in [0.4, 0.5) is 0 Å². The molecule has 184 valence electrons. The molecule has 0 radical (unpaired) electrons. The summed E-state index contributed by atoms with van der Waals surface area (Å²) in [4.78, 5) is 60.1. The van der Waals surface area contributed by atoms with E-state index in [9.17, 15) is 29.1 Å². The van der Waals surface area contributed by atoms with Crippen LogP contribution in [0.25, 0.3) is 0 Å². The highest BCUT2D eigenvalue weighted by molar-refractivity contribution is 7.98. The maximum absolute atomic E-state index is 12.8. The largest absolute Gasteiger partial charge is 0.480 e. The molecule has 0 heterocycles. The molecule has 0 aliphatic carbocycles. The Morgan fingerprint density at radius 3 is 1.69 bits per heavy atom. The van der Waals surface area contributed by atoms with Crippen molar-refractivity contribution in [3.05, 3.63) is 0 Å². The van der Waals surface area contributed by atoms with E-state index in [1.807, 2.05) is 12.5 Å². The molecule has 0 spiro atoms. The Bertz CT molecular complexity index is 653. The Labute approximate surface area is 195 Å². The summed E-state index contributed by atoms with van der Waals surface area (Å²) < 4.78 is 0. The molecule has 0 rings (SSSR count). The second kappa shape index (κ2) is 16.6. The number of carbonyl (C=O) groups is 5. The zero-order chi connectivity index (χ0) is 24.7. The zero-order valence-electron chi connectivity index (χ0n) is 18.2. The minimum absolute atomic E-state index is 0.145. The van der Waals surface area contributed by atoms with Gasteiger partial charge < -0.3 is 37.6 Å². The Balaban J connectivity index is 5.41. The van der Waals surface area contributed by atoms with Crippen molar-refractivity contribution in [1.82, 2.24) is 16.0 Å². The summed E-state index contributed by atoms with van der Waals surface area (Å²) in [6, 6.07) is -4.69. The highest BCUT2D eigenvalue weighted by Gasteiger charge is 2.30. The van der Waals surface area contributed by atoms with Gasteiger partial charge in [0, 0.05) is 6.42 Å². The van der Waals surface area contributed by atoms with Crippen LogP contribution in [-0.2, 0) is 24.0 Å². The third-order valence-corrected chi connectivity index (χ3v) is 5.60. The second-order valence-corrected chi connectivity index (χ2v) is 8.85. The summed E-state index contributed by atoms with van der Waals surface area (Å²) in [5.74, 6) is -3.12. The van der Waals surface area contributed by atoms with Gasteiger partial charge in [0.25, 0.3) is 0 Å². The summed E-state index contributed by atoms with van der Waals surface area (Å²) in [6.07, 6.45) is 3.67. The number of carboxylic acid groups (broad SMARTS) is 1. The van der Waals surface area contributed by atoms with Crippen LogP contribution in [0.1, 0.15) is 25.7 Å². The van der Waals surface area contributed by atoms with Crippen molar-refractivity contribution in [1.29, 1.82) is 0 Å². The van der Waals surface area contributed by atoms with E-state index in [4.69, 9.17) is 16.6 Å². The van der Waals surface area contributed by atoms with Gasteiger partial charge in [-0.2, -0.15) is 23.5 Å². The first-order valence-electron chi connectivity index (χ1n) is 9.83. The number of primary amides is 1. The van der Waals surface area contributed by atoms with Gasteiger partial charge in [-0.25, -0.2) is 4.79 Å². The minimum atomic E-state index is -1.28. The summed E-state index contributed by atoms with van der Waals surface area (Å²) in [5, 5.41) is 25.6. The fraction of sp³-hybridized carbons (Fsp3) is 0.722. The maximum Gasteiger partial charge on any atom is 0.326 e. The lowest BCUT2D eigenvalue weighted by Gasteiger charge is -2.25. The van der Waals surface area contributed by atoms with Crippen molar-refractivity contribution >= 4 is 53.1 Å². The number of aliphatic hydroxyl groups is 1. The van der Waals surface area contributed by atoms with Gasteiger partial charge in [-0.3, -0.25) is 19.2 Å². The number of amides is 4. The predicted octanol–water partition coefficient (Wildman–Crippen LogP) is -2.38. The highest BCUT2D eigenvalue weighted by Crippen LogP contribution is 2.07. The van der Waals surface area contributed by atoms with Crippen LogP contribution in [0.3, 0.4) is 0 Å². The number of aliphatic hydroxyl groups excluding tert-OH is 1. The molecule has 9 N–H and O–H groups in total. The smallest absolute Gasteiger partial charge is 0.326 e. The average molecular weight is 496 g/mol. The van der Waals surface area contributed by atoms with Crippen LogP contribution in [0.15, 0.2) is 0 Å². The topological polar surface area (TPSA) is 214 Å². The highest BCUT2D eigenvalue weighted by atomic mass is 32.2. The standard InChI is InChI=1S/C18H33N5O7S2/c1-31-7-5-12(17(28)23-13(18(29)30)6-8-32-2)22-16(27)11(3-4-14(20)25)21-15(26)10(19)9-24/h10-13,24H,3-9,19H2,1-2H3,(H2,20,25)(H,21,26)(H,22,27)(H,23,28)(H,29,30). The summed E-state index contributed by atoms with van der Waals surface area (Å²) >= 11 is 2.86. The van der Waals surface area contributed by atoms with Gasteiger partial charge in [0.2, 0.25) is 23.6 Å². The third kappa shape index (κ3) is 12.1. The van der Waals surface area contributed by atoms with E-state index in [0.29, 0.717) is 11.5 Å². The van der Waals surface area contributed by atoms with E-state index < -0.39 is 60.4 Å². The van der Waals surface area contributed by atoms with Crippen LogP contribution in [-0.4, -0.2) is 94.6 Å². The molecule has 12 nitrogen and oxygen atoms in total. The normalized spacial score (nSPS) is 14.5. The number of aliphatic carboxylic acids is 1. The van der Waals surface area contributed by atoms with Crippen LogP contribution in [0, 0.1) is 0 Å². The number of hydrogen-bond donors (Lipinski definition) is 7. The fourth-order valence-corrected chi connectivity index (χ4v) is 3.40. The van der Waals surface area contributed by atoms with Crippen LogP contribution >= 0.6 is 23.5 Å². The number of hydrogen-bond acceptors (Lipinski definition) is 9. The first-order chi connectivity index (χ1) is 15.1. The molecule has 0 aromatic carbocycles. The number of nitrogens with two attached hydrogens (primary N) is 2. The number of carboxylic acids is 1. The molecular weight excluding hydrogens is 462 g/mol. The summed E-state index contributed by atoms with van der Waals surface area (Å²) in [5.41, 5.74) is 10.6. The Morgan fingerprint density at radius 1 is 0.812 bits per heavy atom. The second-order valence-electron chi connectivity index (χ2n) is 6.88. The number of thioether (sulfide) groups is 2. The lowest BCUT2D eigenvalue weighted by molar-refractivity contribution is -0.142.